The highest BCUT2D eigenvalue weighted by Gasteiger charge is 2.51. The van der Waals surface area contributed by atoms with Crippen LogP contribution in [-0.4, -0.2) is 36.3 Å². The van der Waals surface area contributed by atoms with Gasteiger partial charge in [0.2, 0.25) is 0 Å². The van der Waals surface area contributed by atoms with Crippen molar-refractivity contribution in [2.45, 2.75) is 50.9 Å². The number of hydrazone groups is 1. The summed E-state index contributed by atoms with van der Waals surface area (Å²) in [5.41, 5.74) is 5.95. The molecule has 4 saturated carbocycles. The van der Waals surface area contributed by atoms with Crippen molar-refractivity contribution in [3.05, 3.63) is 80.9 Å². The van der Waals surface area contributed by atoms with Crippen LogP contribution in [0.1, 0.15) is 66.9 Å². The molecule has 4 fully saturated rings. The molecule has 7 rings (SSSR count). The van der Waals surface area contributed by atoms with Crippen LogP contribution < -0.4 is 20.2 Å². The normalized spacial score (nSPS) is 23.7. The van der Waals surface area contributed by atoms with E-state index in [1.54, 1.807) is 30.3 Å². The lowest BCUT2D eigenvalue weighted by atomic mass is 9.48. The Bertz CT molecular complexity index is 1500. The third kappa shape index (κ3) is 6.66. The molecule has 0 radical (unpaired) electrons. The Balaban J connectivity index is 1.03. The second-order valence-corrected chi connectivity index (χ2v) is 13.3. The van der Waals surface area contributed by atoms with Gasteiger partial charge < -0.3 is 19.9 Å². The number of phenolic OH excluding ortho intramolecular Hbond substituents is 1. The minimum atomic E-state index is -0.443. The average molecular weight is 694 g/mol. The van der Waals surface area contributed by atoms with Crippen LogP contribution in [0.3, 0.4) is 0 Å². The van der Waals surface area contributed by atoms with E-state index in [0.717, 1.165) is 23.4 Å². The number of aromatic hydroxyl groups is 1. The number of phenols is 1. The molecule has 9 heteroatoms. The van der Waals surface area contributed by atoms with E-state index < -0.39 is 5.91 Å². The van der Waals surface area contributed by atoms with Gasteiger partial charge in [0.25, 0.3) is 11.8 Å². The van der Waals surface area contributed by atoms with Gasteiger partial charge in [0.1, 0.15) is 5.75 Å². The smallest absolute Gasteiger partial charge is 0.271 e. The number of amides is 2. The van der Waals surface area contributed by atoms with Gasteiger partial charge in [0.15, 0.2) is 18.1 Å². The average Bonchev–Trinajstić information content (AvgIpc) is 2.98. The summed E-state index contributed by atoms with van der Waals surface area (Å²) >= 11 is 1.98. The van der Waals surface area contributed by atoms with E-state index in [0.29, 0.717) is 38.2 Å². The third-order valence-corrected chi connectivity index (χ3v) is 9.95. The van der Waals surface area contributed by atoms with Gasteiger partial charge in [-0.25, -0.2) is 5.43 Å². The van der Waals surface area contributed by atoms with Crippen molar-refractivity contribution in [2.24, 2.45) is 22.9 Å². The van der Waals surface area contributed by atoms with Crippen LogP contribution in [0.25, 0.3) is 0 Å². The molecule has 8 nitrogen and oxygen atoms in total. The van der Waals surface area contributed by atoms with E-state index >= 15 is 0 Å². The Kier molecular flexibility index (Phi) is 8.61. The Morgan fingerprint density at radius 1 is 0.953 bits per heavy atom. The number of carbonyl (C=O) groups excluding carboxylic acids is 2. The second-order valence-electron chi connectivity index (χ2n) is 12.1. The number of benzene rings is 3. The lowest BCUT2D eigenvalue weighted by Crippen LogP contribution is -2.48. The van der Waals surface area contributed by atoms with Gasteiger partial charge in [0.05, 0.1) is 16.4 Å². The van der Waals surface area contributed by atoms with Crippen LogP contribution >= 0.6 is 22.6 Å². The number of halogens is 1. The summed E-state index contributed by atoms with van der Waals surface area (Å²) in [7, 11) is 0. The van der Waals surface area contributed by atoms with Crippen LogP contribution in [0.4, 0.5) is 5.69 Å². The number of nitrogens with one attached hydrogen (secondary N) is 2. The number of hydrogen-bond donors (Lipinski definition) is 3. The number of ether oxygens (including phenoxy) is 2. The lowest BCUT2D eigenvalue weighted by Gasteiger charge is -2.57. The fraction of sp³-hybridized carbons (Fsp3) is 0.382. The highest BCUT2D eigenvalue weighted by molar-refractivity contribution is 14.1. The van der Waals surface area contributed by atoms with Gasteiger partial charge in [-0.1, -0.05) is 12.1 Å². The van der Waals surface area contributed by atoms with Crippen molar-refractivity contribution in [1.29, 1.82) is 0 Å². The summed E-state index contributed by atoms with van der Waals surface area (Å²) < 4.78 is 12.2. The standard InChI is InChI=1S/C34H36IN3O5/c1-2-42-31-14-21(19-36-38-33(41)25-4-9-28(35)29(39)15-25)3-10-30(31)43-20-32(40)37-27-7-5-26(6-8-27)34-16-22-11-23(17-34)13-24(12-22)18-34/h3-10,14-15,19,22-24,39H,2,11-13,16-18,20H2,1H3,(H,37,40)(H,38,41)/b36-19-. The maximum atomic E-state index is 12.7. The van der Waals surface area contributed by atoms with Crippen molar-refractivity contribution < 1.29 is 24.2 Å². The molecular weight excluding hydrogens is 657 g/mol. The van der Waals surface area contributed by atoms with Gasteiger partial charge in [-0.3, -0.25) is 9.59 Å². The topological polar surface area (TPSA) is 109 Å². The quantitative estimate of drug-likeness (QED) is 0.125. The van der Waals surface area contributed by atoms with E-state index in [1.165, 1.54) is 56.4 Å². The summed E-state index contributed by atoms with van der Waals surface area (Å²) in [5.74, 6) is 2.93. The van der Waals surface area contributed by atoms with Gasteiger partial charge in [0, 0.05) is 11.3 Å². The van der Waals surface area contributed by atoms with Crippen LogP contribution in [-0.2, 0) is 10.2 Å². The first-order valence-corrected chi connectivity index (χ1v) is 16.0. The predicted octanol–water partition coefficient (Wildman–Crippen LogP) is 6.64. The summed E-state index contributed by atoms with van der Waals surface area (Å²) in [6.45, 7) is 2.11. The van der Waals surface area contributed by atoms with E-state index in [-0.39, 0.29) is 18.3 Å². The molecule has 4 aliphatic carbocycles. The van der Waals surface area contributed by atoms with E-state index in [4.69, 9.17) is 9.47 Å². The van der Waals surface area contributed by atoms with Crippen LogP contribution in [0, 0.1) is 21.3 Å². The molecule has 3 N–H and O–H groups in total. The monoisotopic (exact) mass is 693 g/mol. The largest absolute Gasteiger partial charge is 0.507 e. The van der Waals surface area contributed by atoms with Crippen LogP contribution in [0.5, 0.6) is 17.2 Å². The molecule has 0 atom stereocenters. The molecule has 0 spiro atoms. The molecule has 3 aromatic carbocycles. The summed E-state index contributed by atoms with van der Waals surface area (Å²) in [4.78, 5) is 25.1. The molecule has 0 aromatic heterocycles. The van der Waals surface area contributed by atoms with E-state index in [1.807, 2.05) is 41.6 Å². The van der Waals surface area contributed by atoms with Crippen LogP contribution in [0.2, 0.25) is 0 Å². The number of anilines is 1. The Hall–Kier alpha value is -3.60. The van der Waals surface area contributed by atoms with Gasteiger partial charge in [-0.2, -0.15) is 5.10 Å². The molecule has 2 amide bonds. The molecule has 43 heavy (non-hydrogen) atoms. The lowest BCUT2D eigenvalue weighted by molar-refractivity contribution is -0.118. The third-order valence-electron chi connectivity index (χ3n) is 9.03. The fourth-order valence-electron chi connectivity index (χ4n) is 7.59. The van der Waals surface area contributed by atoms with Crippen molar-refractivity contribution in [3.8, 4) is 17.2 Å². The number of nitrogens with zero attached hydrogens (tertiary/aromatic N) is 1. The summed E-state index contributed by atoms with van der Waals surface area (Å²) in [6, 6.07) is 18.3. The summed E-state index contributed by atoms with van der Waals surface area (Å²) in [5, 5.41) is 16.8. The Morgan fingerprint density at radius 3 is 2.30 bits per heavy atom. The van der Waals surface area contributed by atoms with E-state index in [9.17, 15) is 14.7 Å². The summed E-state index contributed by atoms with van der Waals surface area (Å²) in [6.07, 6.45) is 9.71. The SMILES string of the molecule is CCOc1cc(/C=N\NC(=O)c2ccc(I)c(O)c2)ccc1OCC(=O)Nc1ccc(C23CC4CC(CC(C4)C2)C3)cc1. The van der Waals surface area contributed by atoms with Gasteiger partial charge in [-0.05, 0) is 151 Å². The fourth-order valence-corrected chi connectivity index (χ4v) is 7.92. The van der Waals surface area contributed by atoms with Crippen molar-refractivity contribution >= 4 is 46.3 Å². The molecular formula is C34H36IN3O5. The maximum Gasteiger partial charge on any atom is 0.271 e. The van der Waals surface area contributed by atoms with Crippen molar-refractivity contribution in [2.75, 3.05) is 18.5 Å². The zero-order valence-electron chi connectivity index (χ0n) is 24.1. The zero-order chi connectivity index (χ0) is 30.0. The first-order valence-electron chi connectivity index (χ1n) is 14.9. The number of rotatable bonds is 10. The minimum absolute atomic E-state index is 0.0354. The van der Waals surface area contributed by atoms with Gasteiger partial charge >= 0.3 is 0 Å². The molecule has 4 aliphatic rings. The van der Waals surface area contributed by atoms with Crippen LogP contribution in [0.15, 0.2) is 65.8 Å². The zero-order valence-corrected chi connectivity index (χ0v) is 26.3. The number of carbonyl (C=O) groups is 2. The second kappa shape index (κ2) is 12.6. The molecule has 0 unspecified atom stereocenters. The molecule has 4 bridgehead atoms. The predicted molar refractivity (Wildman–Crippen MR) is 174 cm³/mol. The molecule has 3 aromatic rings. The molecule has 0 aliphatic heterocycles. The van der Waals surface area contributed by atoms with E-state index in [2.05, 4.69) is 28.0 Å². The Morgan fingerprint density at radius 2 is 1.65 bits per heavy atom. The minimum Gasteiger partial charge on any atom is -0.507 e. The number of hydrogen-bond acceptors (Lipinski definition) is 6. The highest BCUT2D eigenvalue weighted by Crippen LogP contribution is 2.60. The molecule has 0 heterocycles. The van der Waals surface area contributed by atoms with Crippen molar-refractivity contribution in [1.82, 2.24) is 5.43 Å². The first kappa shape index (κ1) is 29.5. The maximum absolute atomic E-state index is 12.7. The molecule has 224 valence electrons. The van der Waals surface area contributed by atoms with Gasteiger partial charge in [-0.15, -0.1) is 0 Å². The highest BCUT2D eigenvalue weighted by atomic mass is 127. The first-order chi connectivity index (χ1) is 20.8. The molecule has 0 saturated heterocycles. The van der Waals surface area contributed by atoms with Crippen molar-refractivity contribution in [3.63, 3.8) is 0 Å². The Labute approximate surface area is 265 Å².